The predicted molar refractivity (Wildman–Crippen MR) is 93.0 cm³/mol. The summed E-state index contributed by atoms with van der Waals surface area (Å²) in [4.78, 5) is 0. The second kappa shape index (κ2) is 5.53. The first-order chi connectivity index (χ1) is 11.8. The summed E-state index contributed by atoms with van der Waals surface area (Å²) in [5.74, 6) is 0. The standard InChI is InChI=1S/C21H28N/c1-15-11-17-7-6-8-18(17)12-19(15)20-10-9-16(14-22(20)5)13-21(2,3)4/h9-12,14H,6-8,13H2,1-5H3/q+1/i7D2,8D2. The Labute approximate surface area is 140 Å². The fraction of sp³-hybridized carbons (Fsp3) is 0.476. The van der Waals surface area contributed by atoms with Crippen LogP contribution in [-0.4, -0.2) is 0 Å². The molecule has 0 unspecified atom stereocenters. The first kappa shape index (κ1) is 11.0. The molecule has 22 heavy (non-hydrogen) atoms. The first-order valence-corrected chi connectivity index (χ1v) is 7.95. The molecule has 1 aliphatic carbocycles. The zero-order valence-corrected chi connectivity index (χ0v) is 14.2. The van der Waals surface area contributed by atoms with Crippen LogP contribution < -0.4 is 4.57 Å². The van der Waals surface area contributed by atoms with Gasteiger partial charge in [-0.2, -0.15) is 0 Å². The minimum atomic E-state index is -1.63. The molecule has 0 saturated carbocycles. The summed E-state index contributed by atoms with van der Waals surface area (Å²) in [5, 5.41) is 0. The van der Waals surface area contributed by atoms with Crippen molar-refractivity contribution in [3.63, 3.8) is 0 Å². The monoisotopic (exact) mass is 298 g/mol. The van der Waals surface area contributed by atoms with Gasteiger partial charge in [-0.05, 0) is 66.7 Å². The Hall–Kier alpha value is -1.63. The summed E-state index contributed by atoms with van der Waals surface area (Å²) in [6, 6.07) is 7.92. The van der Waals surface area contributed by atoms with E-state index in [-0.39, 0.29) is 11.8 Å². The van der Waals surface area contributed by atoms with Crippen LogP contribution in [0.2, 0.25) is 0 Å². The second-order valence-electron chi connectivity index (χ2n) is 7.51. The Balaban J connectivity index is 2.09. The molecule has 1 heteroatoms. The van der Waals surface area contributed by atoms with E-state index in [1.807, 2.05) is 26.1 Å². The van der Waals surface area contributed by atoms with E-state index in [9.17, 15) is 0 Å². The van der Waals surface area contributed by atoms with Gasteiger partial charge in [0.1, 0.15) is 7.05 Å². The van der Waals surface area contributed by atoms with E-state index >= 15 is 0 Å². The second-order valence-corrected chi connectivity index (χ2v) is 7.51. The van der Waals surface area contributed by atoms with Gasteiger partial charge in [0.15, 0.2) is 6.20 Å². The molecule has 3 rings (SSSR count). The van der Waals surface area contributed by atoms with Crippen molar-refractivity contribution in [1.29, 1.82) is 0 Å². The third-order valence-electron chi connectivity index (χ3n) is 4.13. The zero-order valence-electron chi connectivity index (χ0n) is 18.2. The summed E-state index contributed by atoms with van der Waals surface area (Å²) in [6.45, 7) is 8.65. The molecule has 1 nitrogen and oxygen atoms in total. The Morgan fingerprint density at radius 1 is 1.14 bits per heavy atom. The molecule has 0 atom stereocenters. The van der Waals surface area contributed by atoms with E-state index in [1.54, 1.807) is 0 Å². The van der Waals surface area contributed by atoms with Gasteiger partial charge in [-0.25, -0.2) is 4.57 Å². The number of aryl methyl sites for hydroxylation is 4. The van der Waals surface area contributed by atoms with Gasteiger partial charge in [-0.3, -0.25) is 0 Å². The molecule has 116 valence electrons. The SMILES string of the molecule is [2H]C1([2H])CC([2H])([2H])c2cc(-c3ccc(CC(C)(C)C)c[n+]3C)c(C)cc21. The largest absolute Gasteiger partial charge is 0.212 e. The molecular formula is C21H28N+. The average molecular weight is 298 g/mol. The van der Waals surface area contributed by atoms with E-state index in [1.165, 1.54) is 5.56 Å². The average Bonchev–Trinajstić information content (AvgIpc) is 2.62. The van der Waals surface area contributed by atoms with Gasteiger partial charge in [0.25, 0.3) is 0 Å². The highest BCUT2D eigenvalue weighted by molar-refractivity contribution is 5.64. The van der Waals surface area contributed by atoms with Crippen molar-refractivity contribution in [1.82, 2.24) is 0 Å². The van der Waals surface area contributed by atoms with Gasteiger partial charge in [-0.1, -0.05) is 26.8 Å². The lowest BCUT2D eigenvalue weighted by atomic mass is 9.88. The molecule has 0 saturated heterocycles. The third-order valence-corrected chi connectivity index (χ3v) is 4.13. The van der Waals surface area contributed by atoms with Crippen LogP contribution in [0.3, 0.4) is 0 Å². The highest BCUT2D eigenvalue weighted by Gasteiger charge is 2.19. The third kappa shape index (κ3) is 3.09. The van der Waals surface area contributed by atoms with Crippen LogP contribution in [0.5, 0.6) is 0 Å². The number of hydrogen-bond acceptors (Lipinski definition) is 0. The highest BCUT2D eigenvalue weighted by atomic mass is 14.9. The van der Waals surface area contributed by atoms with Crippen LogP contribution in [0.15, 0.2) is 30.5 Å². The number of hydrogen-bond donors (Lipinski definition) is 0. The molecule has 1 aromatic carbocycles. The van der Waals surface area contributed by atoms with Crippen LogP contribution in [0.4, 0.5) is 0 Å². The van der Waals surface area contributed by atoms with E-state index in [0.29, 0.717) is 11.1 Å². The number of benzene rings is 1. The summed E-state index contributed by atoms with van der Waals surface area (Å²) < 4.78 is 35.0. The predicted octanol–water partition coefficient (Wildman–Crippen LogP) is 4.56. The maximum absolute atomic E-state index is 8.26. The normalized spacial score (nSPS) is 21.5. The van der Waals surface area contributed by atoms with Crippen molar-refractivity contribution < 1.29 is 10.1 Å². The van der Waals surface area contributed by atoms with Crippen LogP contribution in [-0.2, 0) is 26.2 Å². The molecule has 0 aliphatic heterocycles. The van der Waals surface area contributed by atoms with Crippen LogP contribution >= 0.6 is 0 Å². The molecule has 0 amide bonds. The van der Waals surface area contributed by atoms with E-state index in [2.05, 4.69) is 43.7 Å². The van der Waals surface area contributed by atoms with E-state index in [0.717, 1.165) is 23.2 Å². The van der Waals surface area contributed by atoms with Crippen molar-refractivity contribution in [2.75, 3.05) is 0 Å². The van der Waals surface area contributed by atoms with Gasteiger partial charge in [0.2, 0.25) is 5.69 Å². The topological polar surface area (TPSA) is 3.88 Å². The molecule has 0 bridgehead atoms. The highest BCUT2D eigenvalue weighted by Crippen LogP contribution is 2.30. The van der Waals surface area contributed by atoms with Crippen molar-refractivity contribution in [2.24, 2.45) is 12.5 Å². The van der Waals surface area contributed by atoms with Crippen LogP contribution in [0.1, 0.15) is 54.9 Å². The molecule has 0 fully saturated rings. The molecule has 0 radical (unpaired) electrons. The van der Waals surface area contributed by atoms with E-state index in [4.69, 9.17) is 5.48 Å². The number of nitrogens with zero attached hydrogens (tertiary/aromatic N) is 1. The summed E-state index contributed by atoms with van der Waals surface area (Å²) in [6.07, 6.45) is -0.226. The summed E-state index contributed by atoms with van der Waals surface area (Å²) >= 11 is 0. The van der Waals surface area contributed by atoms with Crippen LogP contribution in [0.25, 0.3) is 11.3 Å². The van der Waals surface area contributed by atoms with Gasteiger partial charge in [0.05, 0.1) is 0 Å². The lowest BCUT2D eigenvalue weighted by Crippen LogP contribution is -2.32. The molecule has 2 aromatic rings. The molecule has 0 N–H and O–H groups in total. The van der Waals surface area contributed by atoms with Crippen molar-refractivity contribution >= 4 is 0 Å². The Morgan fingerprint density at radius 2 is 1.82 bits per heavy atom. The number of pyridine rings is 1. The first-order valence-electron chi connectivity index (χ1n) is 9.95. The van der Waals surface area contributed by atoms with Crippen molar-refractivity contribution in [3.8, 4) is 11.3 Å². The number of fused-ring (bicyclic) bond motifs is 1. The Kier molecular flexibility index (Phi) is 2.76. The van der Waals surface area contributed by atoms with Gasteiger partial charge in [-0.15, -0.1) is 0 Å². The lowest BCUT2D eigenvalue weighted by molar-refractivity contribution is -0.660. The van der Waals surface area contributed by atoms with Gasteiger partial charge >= 0.3 is 0 Å². The quantitative estimate of drug-likeness (QED) is 0.715. The Bertz CT molecular complexity index is 863. The fourth-order valence-corrected chi connectivity index (χ4v) is 3.17. The van der Waals surface area contributed by atoms with Gasteiger partial charge in [0, 0.05) is 22.7 Å². The van der Waals surface area contributed by atoms with Gasteiger partial charge < -0.3 is 0 Å². The summed E-state index contributed by atoms with van der Waals surface area (Å²) in [5.41, 5.74) is 5.44. The molecule has 0 spiro atoms. The maximum Gasteiger partial charge on any atom is 0.212 e. The fourth-order valence-electron chi connectivity index (χ4n) is 3.17. The maximum atomic E-state index is 8.26. The lowest BCUT2D eigenvalue weighted by Gasteiger charge is -2.17. The van der Waals surface area contributed by atoms with Crippen molar-refractivity contribution in [2.45, 2.75) is 53.3 Å². The van der Waals surface area contributed by atoms with Crippen molar-refractivity contribution in [3.05, 3.63) is 52.7 Å². The molecule has 1 aromatic heterocycles. The molecule has 1 aliphatic rings. The summed E-state index contributed by atoms with van der Waals surface area (Å²) in [7, 11) is 2.02. The minimum Gasteiger partial charge on any atom is -0.201 e. The number of rotatable bonds is 2. The Morgan fingerprint density at radius 3 is 2.45 bits per heavy atom. The minimum absolute atomic E-state index is 0.116. The molecular weight excluding hydrogens is 266 g/mol. The smallest absolute Gasteiger partial charge is 0.201 e. The number of aromatic nitrogens is 1. The zero-order chi connectivity index (χ0) is 19.5. The molecule has 1 heterocycles. The van der Waals surface area contributed by atoms with Crippen LogP contribution in [0, 0.1) is 12.3 Å². The van der Waals surface area contributed by atoms with E-state index < -0.39 is 12.7 Å².